The Balaban J connectivity index is 1.41. The lowest BCUT2D eigenvalue weighted by atomic mass is 10.0. The molecule has 0 unspecified atom stereocenters. The summed E-state index contributed by atoms with van der Waals surface area (Å²) in [5.41, 5.74) is 3.10. The van der Waals surface area contributed by atoms with Gasteiger partial charge in [-0.15, -0.1) is 0 Å². The fourth-order valence-electron chi connectivity index (χ4n) is 4.09. The summed E-state index contributed by atoms with van der Waals surface area (Å²) in [6.07, 6.45) is 4.15. The zero-order chi connectivity index (χ0) is 25.7. The maximum atomic E-state index is 12.7. The summed E-state index contributed by atoms with van der Waals surface area (Å²) in [7, 11) is 0. The number of hydrogen-bond acceptors (Lipinski definition) is 6. The van der Waals surface area contributed by atoms with Crippen LogP contribution < -0.4 is 10.6 Å². The van der Waals surface area contributed by atoms with Crippen LogP contribution in [0.15, 0.2) is 66.5 Å². The van der Waals surface area contributed by atoms with Crippen LogP contribution in [0, 0.1) is 0 Å². The van der Waals surface area contributed by atoms with Crippen molar-refractivity contribution in [2.45, 2.75) is 52.2 Å². The third-order valence-electron chi connectivity index (χ3n) is 5.95. The molecule has 8 heteroatoms. The fourth-order valence-corrected chi connectivity index (χ4v) is 4.09. The van der Waals surface area contributed by atoms with Gasteiger partial charge in [0.15, 0.2) is 0 Å². The molecule has 2 aromatic carbocycles. The number of aromatic nitrogens is 2. The Hall–Kier alpha value is -3.94. The van der Waals surface area contributed by atoms with Gasteiger partial charge in [-0.3, -0.25) is 4.79 Å². The highest BCUT2D eigenvalue weighted by atomic mass is 16.6. The van der Waals surface area contributed by atoms with Gasteiger partial charge in [0.2, 0.25) is 5.91 Å². The predicted octanol–water partition coefficient (Wildman–Crippen LogP) is 5.70. The molecule has 1 aliphatic heterocycles. The third kappa shape index (κ3) is 6.59. The number of nitrogens with one attached hydrogen (secondary N) is 2. The number of piperidine rings is 1. The maximum Gasteiger partial charge on any atom is 0.410 e. The lowest BCUT2D eigenvalue weighted by Gasteiger charge is -2.30. The van der Waals surface area contributed by atoms with E-state index in [-0.39, 0.29) is 18.0 Å². The molecular formula is C28H33N5O3. The van der Waals surface area contributed by atoms with Crippen LogP contribution in [0.4, 0.5) is 16.3 Å². The van der Waals surface area contributed by atoms with E-state index < -0.39 is 5.60 Å². The molecule has 1 fully saturated rings. The minimum Gasteiger partial charge on any atom is -0.444 e. The monoisotopic (exact) mass is 487 g/mol. The van der Waals surface area contributed by atoms with Crippen molar-refractivity contribution >= 4 is 34.4 Å². The number of nitrogens with zero attached hydrogens (tertiary/aromatic N) is 3. The van der Waals surface area contributed by atoms with E-state index in [0.717, 1.165) is 22.0 Å². The number of fused-ring (bicyclic) bond motifs is 1. The molecule has 2 N–H and O–H groups in total. The molecule has 4 rings (SSSR count). The Labute approximate surface area is 211 Å². The summed E-state index contributed by atoms with van der Waals surface area (Å²) in [6.45, 7) is 8.71. The maximum absolute atomic E-state index is 12.7. The molecule has 36 heavy (non-hydrogen) atoms. The summed E-state index contributed by atoms with van der Waals surface area (Å²) in [6, 6.07) is 15.8. The highest BCUT2D eigenvalue weighted by Crippen LogP contribution is 2.27. The van der Waals surface area contributed by atoms with Gasteiger partial charge in [-0.2, -0.15) is 0 Å². The molecule has 188 valence electrons. The molecule has 1 aliphatic rings. The Morgan fingerprint density at radius 1 is 1.06 bits per heavy atom. The largest absolute Gasteiger partial charge is 0.444 e. The topological polar surface area (TPSA) is 96.5 Å². The van der Waals surface area contributed by atoms with E-state index in [0.29, 0.717) is 37.4 Å². The zero-order valence-corrected chi connectivity index (χ0v) is 21.2. The number of carbonyl (C=O) groups excluding carboxylic acids is 2. The van der Waals surface area contributed by atoms with Crippen LogP contribution in [0.1, 0.15) is 52.1 Å². The van der Waals surface area contributed by atoms with Crippen LogP contribution >= 0.6 is 0 Å². The lowest BCUT2D eigenvalue weighted by molar-refractivity contribution is -0.112. The van der Waals surface area contributed by atoms with Crippen LogP contribution in [0.3, 0.4) is 0 Å². The number of likely N-dealkylation sites (tertiary alicyclic amines) is 1. The van der Waals surface area contributed by atoms with E-state index in [1.807, 2.05) is 57.2 Å². The van der Waals surface area contributed by atoms with Crippen molar-refractivity contribution < 1.29 is 14.3 Å². The molecule has 3 aromatic rings. The van der Waals surface area contributed by atoms with E-state index in [4.69, 9.17) is 4.74 Å². The fraction of sp³-hybridized carbons (Fsp3) is 0.357. The number of hydrogen-bond donors (Lipinski definition) is 2. The van der Waals surface area contributed by atoms with Crippen molar-refractivity contribution in [3.8, 4) is 0 Å². The molecule has 1 aromatic heterocycles. The third-order valence-corrected chi connectivity index (χ3v) is 5.95. The summed E-state index contributed by atoms with van der Waals surface area (Å²) in [5.74, 6) is 0.513. The smallest absolute Gasteiger partial charge is 0.410 e. The van der Waals surface area contributed by atoms with Gasteiger partial charge in [0.1, 0.15) is 17.7 Å². The van der Waals surface area contributed by atoms with Crippen molar-refractivity contribution in [1.29, 1.82) is 0 Å². The minimum atomic E-state index is -0.521. The SMILES string of the molecule is C[C@@H](Nc1ncnc2ccc(NC(=O)C=C3CCN(C(=O)OC(C)(C)C)CC3)cc12)c1ccccc1. The number of carbonyl (C=O) groups is 2. The molecule has 2 amide bonds. The second-order valence-electron chi connectivity index (χ2n) is 9.99. The number of amides is 2. The first-order valence-corrected chi connectivity index (χ1v) is 12.2. The Bertz CT molecular complexity index is 1260. The van der Waals surface area contributed by atoms with E-state index in [2.05, 4.69) is 39.7 Å². The van der Waals surface area contributed by atoms with Crippen LogP contribution in [0.25, 0.3) is 10.9 Å². The van der Waals surface area contributed by atoms with E-state index >= 15 is 0 Å². The average Bonchev–Trinajstić information content (AvgIpc) is 2.84. The van der Waals surface area contributed by atoms with Gasteiger partial charge < -0.3 is 20.3 Å². The summed E-state index contributed by atoms with van der Waals surface area (Å²) >= 11 is 0. The first kappa shape index (κ1) is 25.2. The lowest BCUT2D eigenvalue weighted by Crippen LogP contribution is -2.40. The van der Waals surface area contributed by atoms with Crippen molar-refractivity contribution in [2.75, 3.05) is 23.7 Å². The van der Waals surface area contributed by atoms with Gasteiger partial charge >= 0.3 is 6.09 Å². The number of rotatable bonds is 5. The van der Waals surface area contributed by atoms with Gasteiger partial charge in [0, 0.05) is 36.3 Å². The van der Waals surface area contributed by atoms with Gasteiger partial charge in [-0.25, -0.2) is 14.8 Å². The zero-order valence-electron chi connectivity index (χ0n) is 21.2. The first-order valence-electron chi connectivity index (χ1n) is 12.2. The number of anilines is 2. The molecule has 1 atom stereocenters. The molecular weight excluding hydrogens is 454 g/mol. The molecule has 0 bridgehead atoms. The van der Waals surface area contributed by atoms with Crippen molar-refractivity contribution in [1.82, 2.24) is 14.9 Å². The first-order chi connectivity index (χ1) is 17.2. The summed E-state index contributed by atoms with van der Waals surface area (Å²) in [5, 5.41) is 7.24. The van der Waals surface area contributed by atoms with Crippen molar-refractivity contribution in [2.24, 2.45) is 0 Å². The summed E-state index contributed by atoms with van der Waals surface area (Å²) in [4.78, 5) is 35.5. The van der Waals surface area contributed by atoms with E-state index in [1.54, 1.807) is 11.0 Å². The molecule has 2 heterocycles. The van der Waals surface area contributed by atoms with Crippen molar-refractivity contribution in [3.63, 3.8) is 0 Å². The van der Waals surface area contributed by atoms with Gasteiger partial charge in [-0.05, 0) is 64.3 Å². The van der Waals surface area contributed by atoms with Crippen LogP contribution in [0.2, 0.25) is 0 Å². The Morgan fingerprint density at radius 2 is 1.78 bits per heavy atom. The van der Waals surface area contributed by atoms with Crippen LogP contribution in [0.5, 0.6) is 0 Å². The highest BCUT2D eigenvalue weighted by Gasteiger charge is 2.24. The molecule has 1 saturated heterocycles. The van der Waals surface area contributed by atoms with Gasteiger partial charge in [-0.1, -0.05) is 35.9 Å². The summed E-state index contributed by atoms with van der Waals surface area (Å²) < 4.78 is 5.44. The van der Waals surface area contributed by atoms with Crippen molar-refractivity contribution in [3.05, 3.63) is 72.1 Å². The molecule has 0 radical (unpaired) electrons. The van der Waals surface area contributed by atoms with Crippen LogP contribution in [-0.2, 0) is 9.53 Å². The van der Waals surface area contributed by atoms with E-state index in [9.17, 15) is 9.59 Å². The molecule has 0 spiro atoms. The Morgan fingerprint density at radius 3 is 2.47 bits per heavy atom. The molecule has 0 saturated carbocycles. The standard InChI is InChI=1S/C28H33N5O3/c1-19(21-8-6-5-7-9-21)31-26-23-17-22(10-11-24(23)29-18-30-26)32-25(34)16-20-12-14-33(15-13-20)27(35)36-28(2,3)4/h5-11,16-19H,12-15H2,1-4H3,(H,32,34)(H,29,30,31)/t19-/m1/s1. The van der Waals surface area contributed by atoms with Crippen LogP contribution in [-0.4, -0.2) is 45.6 Å². The molecule has 0 aliphatic carbocycles. The second-order valence-corrected chi connectivity index (χ2v) is 9.99. The molecule has 8 nitrogen and oxygen atoms in total. The van der Waals surface area contributed by atoms with E-state index in [1.165, 1.54) is 6.33 Å². The second kappa shape index (κ2) is 10.8. The normalized spacial score (nSPS) is 14.8. The number of benzene rings is 2. The number of ether oxygens (including phenoxy) is 1. The quantitative estimate of drug-likeness (QED) is 0.448. The Kier molecular flexibility index (Phi) is 7.52. The predicted molar refractivity (Wildman–Crippen MR) is 142 cm³/mol. The van der Waals surface area contributed by atoms with Gasteiger partial charge in [0.25, 0.3) is 0 Å². The highest BCUT2D eigenvalue weighted by molar-refractivity contribution is 6.02. The van der Waals surface area contributed by atoms with Gasteiger partial charge in [0.05, 0.1) is 5.52 Å². The average molecular weight is 488 g/mol. The minimum absolute atomic E-state index is 0.0545.